The zero-order valence-corrected chi connectivity index (χ0v) is 17.0. The molecule has 0 N–H and O–H groups in total. The van der Waals surface area contributed by atoms with Crippen molar-refractivity contribution in [2.75, 3.05) is 7.11 Å². The van der Waals surface area contributed by atoms with Gasteiger partial charge in [-0.25, -0.2) is 0 Å². The summed E-state index contributed by atoms with van der Waals surface area (Å²) >= 11 is 0. The molecule has 2 aromatic rings. The predicted octanol–water partition coefficient (Wildman–Crippen LogP) is 4.98. The lowest BCUT2D eigenvalue weighted by molar-refractivity contribution is -0.0520. The SMILES string of the molecule is COc1cc2c(cc1OCc1ccccc1)CC(C)=C(OS(=O)(=O)C(F)(F)F)C=C2. The molecule has 0 saturated heterocycles. The normalized spacial score (nSPS) is 14.2. The minimum absolute atomic E-state index is 0.177. The number of ether oxygens (including phenoxy) is 2. The lowest BCUT2D eigenvalue weighted by atomic mass is 10.0. The van der Waals surface area contributed by atoms with E-state index in [-0.39, 0.29) is 12.2 Å². The molecular formula is C21H19F3O5S. The van der Waals surface area contributed by atoms with Crippen molar-refractivity contribution < 1.29 is 35.2 Å². The maximum absolute atomic E-state index is 12.7. The van der Waals surface area contributed by atoms with Gasteiger partial charge in [0.15, 0.2) is 11.5 Å². The Morgan fingerprint density at radius 3 is 2.37 bits per heavy atom. The molecule has 1 aliphatic rings. The second-order valence-corrected chi connectivity index (χ2v) is 8.15. The molecule has 0 amide bonds. The average Bonchev–Trinajstić information content (AvgIpc) is 2.83. The van der Waals surface area contributed by atoms with E-state index in [1.54, 1.807) is 12.1 Å². The fourth-order valence-corrected chi connectivity index (χ4v) is 3.41. The van der Waals surface area contributed by atoms with Crippen LogP contribution in [0.1, 0.15) is 23.6 Å². The van der Waals surface area contributed by atoms with Gasteiger partial charge in [-0.05, 0) is 53.8 Å². The Hall–Kier alpha value is -2.94. The van der Waals surface area contributed by atoms with Crippen LogP contribution in [-0.4, -0.2) is 21.0 Å². The van der Waals surface area contributed by atoms with E-state index in [1.807, 2.05) is 30.3 Å². The minimum Gasteiger partial charge on any atom is -0.493 e. The Morgan fingerprint density at radius 1 is 1.03 bits per heavy atom. The first-order valence-electron chi connectivity index (χ1n) is 8.87. The molecule has 1 aliphatic carbocycles. The second-order valence-electron chi connectivity index (χ2n) is 6.61. The van der Waals surface area contributed by atoms with Gasteiger partial charge < -0.3 is 13.7 Å². The number of benzene rings is 2. The van der Waals surface area contributed by atoms with Gasteiger partial charge in [-0.15, -0.1) is 0 Å². The van der Waals surface area contributed by atoms with Gasteiger partial charge in [0, 0.05) is 0 Å². The van der Waals surface area contributed by atoms with Crippen LogP contribution < -0.4 is 9.47 Å². The van der Waals surface area contributed by atoms with E-state index < -0.39 is 15.6 Å². The van der Waals surface area contributed by atoms with Gasteiger partial charge in [0.05, 0.1) is 7.11 Å². The maximum atomic E-state index is 12.7. The van der Waals surface area contributed by atoms with E-state index >= 15 is 0 Å². The molecule has 0 heterocycles. The zero-order chi connectivity index (χ0) is 21.9. The van der Waals surface area contributed by atoms with Crippen LogP contribution in [0.4, 0.5) is 13.2 Å². The largest absolute Gasteiger partial charge is 0.534 e. The topological polar surface area (TPSA) is 61.8 Å². The third kappa shape index (κ3) is 4.79. The number of hydrogen-bond donors (Lipinski definition) is 0. The number of fused-ring (bicyclic) bond motifs is 1. The van der Waals surface area contributed by atoms with E-state index in [4.69, 9.17) is 9.47 Å². The molecular weight excluding hydrogens is 421 g/mol. The van der Waals surface area contributed by atoms with Gasteiger partial charge in [-0.1, -0.05) is 36.4 Å². The highest BCUT2D eigenvalue weighted by Crippen LogP contribution is 2.36. The number of hydrogen-bond acceptors (Lipinski definition) is 5. The number of allylic oxidation sites excluding steroid dienone is 2. The summed E-state index contributed by atoms with van der Waals surface area (Å²) in [7, 11) is -4.27. The maximum Gasteiger partial charge on any atom is 0.534 e. The second kappa shape index (κ2) is 8.43. The van der Waals surface area contributed by atoms with Crippen LogP contribution in [0.2, 0.25) is 0 Å². The van der Waals surface area contributed by atoms with Crippen molar-refractivity contribution in [2.24, 2.45) is 0 Å². The van der Waals surface area contributed by atoms with E-state index in [1.165, 1.54) is 26.2 Å². The van der Waals surface area contributed by atoms with Crippen LogP contribution in [0.5, 0.6) is 11.5 Å². The van der Waals surface area contributed by atoms with Crippen molar-refractivity contribution in [2.45, 2.75) is 25.5 Å². The van der Waals surface area contributed by atoms with Crippen LogP contribution in [0, 0.1) is 0 Å². The Labute approximate surface area is 172 Å². The zero-order valence-electron chi connectivity index (χ0n) is 16.2. The summed E-state index contributed by atoms with van der Waals surface area (Å²) in [6.07, 6.45) is 2.86. The minimum atomic E-state index is -5.75. The van der Waals surface area contributed by atoms with Gasteiger partial charge in [-0.3, -0.25) is 0 Å². The van der Waals surface area contributed by atoms with Crippen molar-refractivity contribution in [3.8, 4) is 11.5 Å². The van der Waals surface area contributed by atoms with Gasteiger partial charge in [0.25, 0.3) is 0 Å². The van der Waals surface area contributed by atoms with Gasteiger partial charge >= 0.3 is 15.6 Å². The Morgan fingerprint density at radius 2 is 1.73 bits per heavy atom. The molecule has 0 bridgehead atoms. The Balaban J connectivity index is 1.88. The van der Waals surface area contributed by atoms with Crippen molar-refractivity contribution in [3.63, 3.8) is 0 Å². The third-order valence-electron chi connectivity index (χ3n) is 4.44. The molecule has 5 nitrogen and oxygen atoms in total. The number of halogens is 3. The molecule has 2 aromatic carbocycles. The van der Waals surface area contributed by atoms with Crippen molar-refractivity contribution >= 4 is 16.2 Å². The first-order valence-corrected chi connectivity index (χ1v) is 10.3. The first kappa shape index (κ1) is 21.8. The van der Waals surface area contributed by atoms with Crippen molar-refractivity contribution in [1.29, 1.82) is 0 Å². The van der Waals surface area contributed by atoms with Crippen LogP contribution in [-0.2, 0) is 27.3 Å². The number of rotatable bonds is 6. The fraction of sp³-hybridized carbons (Fsp3) is 0.238. The Bertz CT molecular complexity index is 1090. The fourth-order valence-electron chi connectivity index (χ4n) is 2.88. The summed E-state index contributed by atoms with van der Waals surface area (Å²) < 4.78 is 76.3. The third-order valence-corrected chi connectivity index (χ3v) is 5.40. The summed E-state index contributed by atoms with van der Waals surface area (Å²) in [5.74, 6) is 0.544. The lowest BCUT2D eigenvalue weighted by Crippen LogP contribution is -2.25. The number of methoxy groups -OCH3 is 1. The number of alkyl halides is 3. The molecule has 0 atom stereocenters. The molecule has 0 radical (unpaired) electrons. The van der Waals surface area contributed by atoms with Crippen LogP contribution in [0.15, 0.2) is 59.9 Å². The monoisotopic (exact) mass is 440 g/mol. The summed E-state index contributed by atoms with van der Waals surface area (Å²) in [6.45, 7) is 1.81. The van der Waals surface area contributed by atoms with Crippen molar-refractivity contribution in [3.05, 3.63) is 76.6 Å². The lowest BCUT2D eigenvalue weighted by Gasteiger charge is -2.15. The predicted molar refractivity (Wildman–Crippen MR) is 105 cm³/mol. The summed E-state index contributed by atoms with van der Waals surface area (Å²) in [6, 6.07) is 12.9. The smallest absolute Gasteiger partial charge is 0.493 e. The van der Waals surface area contributed by atoms with Gasteiger partial charge in [0.1, 0.15) is 12.4 Å². The molecule has 3 rings (SSSR count). The molecule has 0 unspecified atom stereocenters. The van der Waals surface area contributed by atoms with E-state index in [9.17, 15) is 21.6 Å². The highest BCUT2D eigenvalue weighted by Gasteiger charge is 2.48. The molecule has 0 aromatic heterocycles. The first-order chi connectivity index (χ1) is 14.1. The molecule has 0 spiro atoms. The van der Waals surface area contributed by atoms with Crippen LogP contribution >= 0.6 is 0 Å². The molecule has 30 heavy (non-hydrogen) atoms. The van der Waals surface area contributed by atoms with E-state index in [0.717, 1.165) is 11.1 Å². The van der Waals surface area contributed by atoms with Gasteiger partial charge in [-0.2, -0.15) is 21.6 Å². The van der Waals surface area contributed by atoms with Gasteiger partial charge in [0.2, 0.25) is 0 Å². The summed E-state index contributed by atoms with van der Waals surface area (Å²) in [5.41, 5.74) is -2.83. The highest BCUT2D eigenvalue weighted by atomic mass is 32.2. The van der Waals surface area contributed by atoms with Crippen molar-refractivity contribution in [1.82, 2.24) is 0 Å². The molecule has 0 fully saturated rings. The highest BCUT2D eigenvalue weighted by molar-refractivity contribution is 7.87. The van der Waals surface area contributed by atoms with Crippen LogP contribution in [0.25, 0.3) is 6.08 Å². The quantitative estimate of drug-likeness (QED) is 0.468. The Kier molecular flexibility index (Phi) is 6.12. The average molecular weight is 440 g/mol. The van der Waals surface area contributed by atoms with E-state index in [0.29, 0.717) is 29.2 Å². The standard InChI is InChI=1S/C21H19F3O5S/c1-14-10-17-12-20(28-13-15-6-4-3-5-7-15)19(27-2)11-16(17)8-9-18(14)29-30(25,26)21(22,23)24/h3-9,11-12H,10,13H2,1-2H3. The van der Waals surface area contributed by atoms with Crippen LogP contribution in [0.3, 0.4) is 0 Å². The molecule has 0 aliphatic heterocycles. The molecule has 9 heteroatoms. The molecule has 0 saturated carbocycles. The van der Waals surface area contributed by atoms with E-state index in [2.05, 4.69) is 4.18 Å². The molecule has 160 valence electrons. The summed E-state index contributed by atoms with van der Waals surface area (Å²) in [5, 5.41) is 0. The summed E-state index contributed by atoms with van der Waals surface area (Å²) in [4.78, 5) is 0.